The molecule has 110 valence electrons. The molecular weight excluding hydrogens is 397 g/mol. The van der Waals surface area contributed by atoms with Crippen molar-refractivity contribution in [1.29, 1.82) is 0 Å². The van der Waals surface area contributed by atoms with E-state index in [9.17, 15) is 9.59 Å². The van der Waals surface area contributed by atoms with Crippen molar-refractivity contribution in [2.24, 2.45) is 0 Å². The number of methoxy groups -OCH3 is 1. The molecule has 1 rings (SSSR count). The molecule has 20 heavy (non-hydrogen) atoms. The first-order chi connectivity index (χ1) is 9.14. The van der Waals surface area contributed by atoms with Gasteiger partial charge in [0, 0.05) is 9.26 Å². The van der Waals surface area contributed by atoms with Crippen LogP contribution in [0, 0.1) is 3.57 Å². The van der Waals surface area contributed by atoms with Gasteiger partial charge < -0.3 is 9.47 Å². The molecule has 0 heterocycles. The monoisotopic (exact) mass is 411 g/mol. The number of carbonyl (C=O) groups is 2. The Morgan fingerprint density at radius 1 is 1.30 bits per heavy atom. The van der Waals surface area contributed by atoms with Gasteiger partial charge in [-0.3, -0.25) is 5.32 Å². The van der Waals surface area contributed by atoms with Crippen LogP contribution < -0.4 is 5.32 Å². The van der Waals surface area contributed by atoms with Crippen molar-refractivity contribution < 1.29 is 19.1 Å². The van der Waals surface area contributed by atoms with Crippen molar-refractivity contribution >= 4 is 51.9 Å². The van der Waals surface area contributed by atoms with E-state index in [0.717, 1.165) is 0 Å². The molecule has 1 aromatic carbocycles. The summed E-state index contributed by atoms with van der Waals surface area (Å²) in [6.07, 6.45) is -0.605. The quantitative estimate of drug-likeness (QED) is 0.588. The number of halogens is 2. The number of hydrogen-bond donors (Lipinski definition) is 1. The molecular formula is C13H15ClINO4. The molecule has 0 radical (unpaired) electrons. The molecule has 0 aliphatic carbocycles. The van der Waals surface area contributed by atoms with Crippen molar-refractivity contribution in [2.75, 3.05) is 12.4 Å². The molecule has 0 aromatic heterocycles. The topological polar surface area (TPSA) is 64.6 Å². The zero-order chi connectivity index (χ0) is 15.5. The molecule has 0 fully saturated rings. The maximum Gasteiger partial charge on any atom is 0.412 e. The van der Waals surface area contributed by atoms with Crippen LogP contribution in [0.3, 0.4) is 0 Å². The number of nitrogens with one attached hydrogen (secondary N) is 1. The maximum absolute atomic E-state index is 11.7. The van der Waals surface area contributed by atoms with Gasteiger partial charge >= 0.3 is 12.1 Å². The summed E-state index contributed by atoms with van der Waals surface area (Å²) in [7, 11) is 1.26. The summed E-state index contributed by atoms with van der Waals surface area (Å²) >= 11 is 8.00. The summed E-state index contributed by atoms with van der Waals surface area (Å²) in [5, 5.41) is 2.84. The lowest BCUT2D eigenvalue weighted by Crippen LogP contribution is -2.27. The van der Waals surface area contributed by atoms with Crippen molar-refractivity contribution in [3.05, 3.63) is 26.3 Å². The van der Waals surface area contributed by atoms with Crippen molar-refractivity contribution in [1.82, 2.24) is 0 Å². The number of amides is 1. The Morgan fingerprint density at radius 2 is 1.90 bits per heavy atom. The van der Waals surface area contributed by atoms with E-state index in [2.05, 4.69) is 10.1 Å². The largest absolute Gasteiger partial charge is 0.465 e. The average molecular weight is 412 g/mol. The molecule has 0 aliphatic rings. The second-order valence-electron chi connectivity index (χ2n) is 4.94. The number of esters is 1. The number of rotatable bonds is 2. The normalized spacial score (nSPS) is 10.9. The Hall–Kier alpha value is -1.02. The number of hydrogen-bond acceptors (Lipinski definition) is 4. The van der Waals surface area contributed by atoms with Crippen LogP contribution in [-0.2, 0) is 9.47 Å². The highest BCUT2D eigenvalue weighted by molar-refractivity contribution is 14.1. The number of carbonyl (C=O) groups excluding carboxylic acids is 2. The van der Waals surface area contributed by atoms with Gasteiger partial charge in [-0.2, -0.15) is 0 Å². The molecule has 0 aliphatic heterocycles. The van der Waals surface area contributed by atoms with Gasteiger partial charge in [-0.25, -0.2) is 9.59 Å². The molecule has 7 heteroatoms. The molecule has 1 N–H and O–H groups in total. The Kier molecular flexibility index (Phi) is 5.64. The first-order valence-corrected chi connectivity index (χ1v) is 7.17. The summed E-state index contributed by atoms with van der Waals surface area (Å²) in [6.45, 7) is 5.29. The minimum Gasteiger partial charge on any atom is -0.465 e. The predicted molar refractivity (Wildman–Crippen MR) is 85.4 cm³/mol. The van der Waals surface area contributed by atoms with Gasteiger partial charge in [0.15, 0.2) is 0 Å². The lowest BCUT2D eigenvalue weighted by molar-refractivity contribution is 0.0596. The fourth-order valence-corrected chi connectivity index (χ4v) is 2.15. The van der Waals surface area contributed by atoms with Gasteiger partial charge in [0.05, 0.1) is 17.7 Å². The minimum absolute atomic E-state index is 0.187. The summed E-state index contributed by atoms with van der Waals surface area (Å²) in [4.78, 5) is 23.3. The van der Waals surface area contributed by atoms with E-state index in [-0.39, 0.29) is 10.6 Å². The van der Waals surface area contributed by atoms with E-state index in [4.69, 9.17) is 16.3 Å². The van der Waals surface area contributed by atoms with Crippen LogP contribution in [0.15, 0.2) is 12.1 Å². The van der Waals surface area contributed by atoms with Crippen LogP contribution in [0.4, 0.5) is 10.5 Å². The standard InChI is InChI=1S/C13H15ClINO4/c1-13(2,3)20-12(18)16-7-5-8(11(17)19-4)10(14)9(15)6-7/h5-6H,1-4H3,(H,16,18). The van der Waals surface area contributed by atoms with Gasteiger partial charge in [-0.15, -0.1) is 0 Å². The lowest BCUT2D eigenvalue weighted by atomic mass is 10.2. The van der Waals surface area contributed by atoms with Crippen molar-refractivity contribution in [3.63, 3.8) is 0 Å². The van der Waals surface area contributed by atoms with E-state index < -0.39 is 17.7 Å². The Labute approximate surface area is 136 Å². The molecule has 1 amide bonds. The molecule has 1 aromatic rings. The SMILES string of the molecule is COC(=O)c1cc(NC(=O)OC(C)(C)C)cc(I)c1Cl. The van der Waals surface area contributed by atoms with Crippen molar-refractivity contribution in [3.8, 4) is 0 Å². The van der Waals surface area contributed by atoms with Crippen LogP contribution in [0.25, 0.3) is 0 Å². The Balaban J connectivity index is 3.00. The fourth-order valence-electron chi connectivity index (χ4n) is 1.34. The molecule has 0 spiro atoms. The smallest absolute Gasteiger partial charge is 0.412 e. The van der Waals surface area contributed by atoms with Crippen LogP contribution in [0.1, 0.15) is 31.1 Å². The van der Waals surface area contributed by atoms with Gasteiger partial charge in [-0.05, 0) is 55.5 Å². The summed E-state index contributed by atoms with van der Waals surface area (Å²) in [5.74, 6) is -0.569. The first-order valence-electron chi connectivity index (χ1n) is 5.71. The maximum atomic E-state index is 11.7. The van der Waals surface area contributed by atoms with Crippen LogP contribution in [0.5, 0.6) is 0 Å². The highest BCUT2D eigenvalue weighted by atomic mass is 127. The van der Waals surface area contributed by atoms with E-state index in [0.29, 0.717) is 9.26 Å². The lowest BCUT2D eigenvalue weighted by Gasteiger charge is -2.20. The third kappa shape index (κ3) is 4.82. The van der Waals surface area contributed by atoms with Gasteiger partial charge in [0.2, 0.25) is 0 Å². The molecule has 5 nitrogen and oxygen atoms in total. The van der Waals surface area contributed by atoms with Gasteiger partial charge in [0.1, 0.15) is 5.60 Å². The zero-order valence-electron chi connectivity index (χ0n) is 11.5. The third-order valence-corrected chi connectivity index (χ3v) is 3.66. The fraction of sp³-hybridized carbons (Fsp3) is 0.385. The molecule has 0 saturated carbocycles. The van der Waals surface area contributed by atoms with E-state index >= 15 is 0 Å². The average Bonchev–Trinajstić information content (AvgIpc) is 2.30. The Morgan fingerprint density at radius 3 is 2.40 bits per heavy atom. The summed E-state index contributed by atoms with van der Waals surface area (Å²) in [6, 6.07) is 3.08. The molecule has 0 bridgehead atoms. The van der Waals surface area contributed by atoms with Crippen LogP contribution >= 0.6 is 34.2 Å². The van der Waals surface area contributed by atoms with E-state index in [1.807, 2.05) is 22.6 Å². The van der Waals surface area contributed by atoms with Crippen LogP contribution in [0.2, 0.25) is 5.02 Å². The van der Waals surface area contributed by atoms with Gasteiger partial charge in [0.25, 0.3) is 0 Å². The second kappa shape index (κ2) is 6.62. The number of benzene rings is 1. The number of ether oxygens (including phenoxy) is 2. The van der Waals surface area contributed by atoms with E-state index in [1.165, 1.54) is 13.2 Å². The number of anilines is 1. The summed E-state index contributed by atoms with van der Waals surface area (Å²) < 4.78 is 10.4. The zero-order valence-corrected chi connectivity index (χ0v) is 14.5. The minimum atomic E-state index is -0.605. The second-order valence-corrected chi connectivity index (χ2v) is 6.48. The first kappa shape index (κ1) is 17.0. The molecule has 0 unspecified atom stereocenters. The molecule has 0 saturated heterocycles. The van der Waals surface area contributed by atoms with E-state index in [1.54, 1.807) is 26.8 Å². The summed E-state index contributed by atoms with van der Waals surface area (Å²) in [5.41, 5.74) is -0.00458. The predicted octanol–water partition coefficient (Wildman–Crippen LogP) is 4.08. The highest BCUT2D eigenvalue weighted by Crippen LogP contribution is 2.28. The highest BCUT2D eigenvalue weighted by Gasteiger charge is 2.19. The third-order valence-electron chi connectivity index (χ3n) is 2.08. The van der Waals surface area contributed by atoms with Crippen LogP contribution in [-0.4, -0.2) is 24.8 Å². The van der Waals surface area contributed by atoms with Gasteiger partial charge in [-0.1, -0.05) is 11.6 Å². The van der Waals surface area contributed by atoms with Crippen molar-refractivity contribution in [2.45, 2.75) is 26.4 Å². The Bertz CT molecular complexity index is 540. The molecule has 0 atom stereocenters.